The van der Waals surface area contributed by atoms with Crippen molar-refractivity contribution in [2.24, 2.45) is 0 Å². The lowest BCUT2D eigenvalue weighted by atomic mass is 10.0. The first kappa shape index (κ1) is 16.7. The minimum Gasteiger partial charge on any atom is -0.382 e. The van der Waals surface area contributed by atoms with Gasteiger partial charge in [0.1, 0.15) is 5.82 Å². The van der Waals surface area contributed by atoms with E-state index in [1.807, 2.05) is 18.2 Å². The van der Waals surface area contributed by atoms with Gasteiger partial charge in [-0.15, -0.1) is 0 Å². The molecular formula is C19H22N6. The Labute approximate surface area is 147 Å². The zero-order valence-corrected chi connectivity index (χ0v) is 14.5. The molecule has 0 radical (unpaired) electrons. The zero-order chi connectivity index (χ0) is 17.6. The molecule has 6 heteroatoms. The molecule has 0 saturated heterocycles. The van der Waals surface area contributed by atoms with Crippen molar-refractivity contribution in [3.05, 3.63) is 59.9 Å². The van der Waals surface area contributed by atoms with Crippen LogP contribution in [0.15, 0.2) is 48.8 Å². The fraction of sp³-hybridized carbons (Fsp3) is 0.211. The van der Waals surface area contributed by atoms with Crippen LogP contribution in [0.1, 0.15) is 11.1 Å². The van der Waals surface area contributed by atoms with Crippen LogP contribution < -0.4 is 16.4 Å². The highest BCUT2D eigenvalue weighted by Crippen LogP contribution is 2.23. The molecule has 0 aliphatic rings. The molecule has 0 unspecified atom stereocenters. The van der Waals surface area contributed by atoms with Crippen molar-refractivity contribution in [2.45, 2.75) is 13.8 Å². The van der Waals surface area contributed by atoms with Gasteiger partial charge in [0.25, 0.3) is 0 Å². The van der Waals surface area contributed by atoms with E-state index < -0.39 is 0 Å². The van der Waals surface area contributed by atoms with Crippen LogP contribution >= 0.6 is 0 Å². The molecule has 0 atom stereocenters. The molecule has 6 nitrogen and oxygen atoms in total. The average Bonchev–Trinajstić information content (AvgIpc) is 2.58. The van der Waals surface area contributed by atoms with Gasteiger partial charge < -0.3 is 16.4 Å². The fourth-order valence-corrected chi connectivity index (χ4v) is 2.69. The van der Waals surface area contributed by atoms with E-state index in [0.29, 0.717) is 6.54 Å². The summed E-state index contributed by atoms with van der Waals surface area (Å²) in [6, 6.07) is 12.1. The number of rotatable bonds is 6. The summed E-state index contributed by atoms with van der Waals surface area (Å²) in [4.78, 5) is 12.7. The second-order valence-corrected chi connectivity index (χ2v) is 5.97. The molecule has 0 fully saturated rings. The first-order valence-electron chi connectivity index (χ1n) is 8.21. The maximum Gasteiger partial charge on any atom is 0.222 e. The Morgan fingerprint density at radius 1 is 0.960 bits per heavy atom. The molecule has 1 aromatic carbocycles. The second kappa shape index (κ2) is 7.61. The SMILES string of the molecule is Cc1cc(C)cc(-c2cc(NCCNc3cccnc3)nc(N)n2)c1. The molecule has 3 aromatic rings. The predicted molar refractivity (Wildman–Crippen MR) is 103 cm³/mol. The van der Waals surface area contributed by atoms with E-state index in [4.69, 9.17) is 5.73 Å². The Morgan fingerprint density at radius 3 is 2.44 bits per heavy atom. The van der Waals surface area contributed by atoms with Crippen molar-refractivity contribution in [1.82, 2.24) is 15.0 Å². The minimum atomic E-state index is 0.263. The normalized spacial score (nSPS) is 10.5. The highest BCUT2D eigenvalue weighted by Gasteiger charge is 2.06. The van der Waals surface area contributed by atoms with Crippen LogP contribution in [0.25, 0.3) is 11.3 Å². The Bertz CT molecular complexity index is 828. The quantitative estimate of drug-likeness (QED) is 0.600. The van der Waals surface area contributed by atoms with Crippen LogP contribution in [0.3, 0.4) is 0 Å². The van der Waals surface area contributed by atoms with E-state index in [1.54, 1.807) is 12.4 Å². The van der Waals surface area contributed by atoms with Gasteiger partial charge in [-0.1, -0.05) is 17.2 Å². The Hall–Kier alpha value is -3.15. The zero-order valence-electron chi connectivity index (χ0n) is 14.5. The summed E-state index contributed by atoms with van der Waals surface area (Å²) in [5, 5.41) is 6.57. The number of aryl methyl sites for hydroxylation is 2. The van der Waals surface area contributed by atoms with Crippen LogP contribution in [-0.2, 0) is 0 Å². The van der Waals surface area contributed by atoms with Crippen LogP contribution in [0.5, 0.6) is 0 Å². The molecule has 0 amide bonds. The number of benzene rings is 1. The van der Waals surface area contributed by atoms with Crippen molar-refractivity contribution >= 4 is 17.5 Å². The maximum atomic E-state index is 5.88. The smallest absolute Gasteiger partial charge is 0.222 e. The van der Waals surface area contributed by atoms with Crippen LogP contribution in [-0.4, -0.2) is 28.0 Å². The van der Waals surface area contributed by atoms with Crippen molar-refractivity contribution in [2.75, 3.05) is 29.5 Å². The van der Waals surface area contributed by atoms with Gasteiger partial charge in [0.15, 0.2) is 0 Å². The molecule has 0 aliphatic heterocycles. The molecule has 4 N–H and O–H groups in total. The number of nitrogens with one attached hydrogen (secondary N) is 2. The number of hydrogen-bond acceptors (Lipinski definition) is 6. The third-order valence-electron chi connectivity index (χ3n) is 3.68. The molecule has 128 valence electrons. The summed E-state index contributed by atoms with van der Waals surface area (Å²) in [5.74, 6) is 0.981. The molecule has 2 heterocycles. The van der Waals surface area contributed by atoms with Gasteiger partial charge >= 0.3 is 0 Å². The highest BCUT2D eigenvalue weighted by atomic mass is 15.1. The number of hydrogen-bond donors (Lipinski definition) is 3. The minimum absolute atomic E-state index is 0.263. The van der Waals surface area contributed by atoms with Crippen molar-refractivity contribution < 1.29 is 0 Å². The lowest BCUT2D eigenvalue weighted by Crippen LogP contribution is -2.15. The number of anilines is 3. The number of aromatic nitrogens is 3. The van der Waals surface area contributed by atoms with Gasteiger partial charge in [0.2, 0.25) is 5.95 Å². The van der Waals surface area contributed by atoms with Crippen LogP contribution in [0.4, 0.5) is 17.5 Å². The molecular weight excluding hydrogens is 312 g/mol. The van der Waals surface area contributed by atoms with Gasteiger partial charge in [0, 0.05) is 37.1 Å². The molecule has 0 saturated carbocycles. The van der Waals surface area contributed by atoms with Crippen molar-refractivity contribution in [1.29, 1.82) is 0 Å². The summed E-state index contributed by atoms with van der Waals surface area (Å²) in [6.45, 7) is 5.60. The molecule has 0 bridgehead atoms. The third-order valence-corrected chi connectivity index (χ3v) is 3.68. The third kappa shape index (κ3) is 4.67. The van der Waals surface area contributed by atoms with Crippen LogP contribution in [0, 0.1) is 13.8 Å². The van der Waals surface area contributed by atoms with Crippen molar-refractivity contribution in [3.8, 4) is 11.3 Å². The Morgan fingerprint density at radius 2 is 1.72 bits per heavy atom. The lowest BCUT2D eigenvalue weighted by Gasteiger charge is -2.10. The first-order chi connectivity index (χ1) is 12.1. The first-order valence-corrected chi connectivity index (χ1v) is 8.21. The predicted octanol–water partition coefficient (Wildman–Crippen LogP) is 3.26. The summed E-state index contributed by atoms with van der Waals surface area (Å²) in [6.07, 6.45) is 3.54. The van der Waals surface area contributed by atoms with E-state index in [9.17, 15) is 0 Å². The number of nitrogens with two attached hydrogens (primary N) is 1. The van der Waals surface area contributed by atoms with Gasteiger partial charge in [-0.2, -0.15) is 4.98 Å². The number of nitrogens with zero attached hydrogens (tertiary/aromatic N) is 3. The molecule has 0 aliphatic carbocycles. The monoisotopic (exact) mass is 334 g/mol. The van der Waals surface area contributed by atoms with Crippen molar-refractivity contribution in [3.63, 3.8) is 0 Å². The fourth-order valence-electron chi connectivity index (χ4n) is 2.69. The van der Waals surface area contributed by atoms with E-state index in [2.05, 4.69) is 57.6 Å². The molecule has 25 heavy (non-hydrogen) atoms. The van der Waals surface area contributed by atoms with Gasteiger partial charge in [-0.3, -0.25) is 4.98 Å². The molecule has 3 rings (SSSR count). The van der Waals surface area contributed by atoms with Crippen LogP contribution in [0.2, 0.25) is 0 Å². The van der Waals surface area contributed by atoms with E-state index in [0.717, 1.165) is 29.3 Å². The van der Waals surface area contributed by atoms with Gasteiger partial charge in [0.05, 0.1) is 11.4 Å². The summed E-state index contributed by atoms with van der Waals surface area (Å²) >= 11 is 0. The lowest BCUT2D eigenvalue weighted by molar-refractivity contribution is 1.05. The Balaban J connectivity index is 1.67. The average molecular weight is 334 g/mol. The molecule has 2 aromatic heterocycles. The second-order valence-electron chi connectivity index (χ2n) is 5.97. The van der Waals surface area contributed by atoms with Gasteiger partial charge in [-0.05, 0) is 38.1 Å². The highest BCUT2D eigenvalue weighted by molar-refractivity contribution is 5.65. The summed E-state index contributed by atoms with van der Waals surface area (Å²) in [7, 11) is 0. The summed E-state index contributed by atoms with van der Waals surface area (Å²) in [5.41, 5.74) is 11.1. The largest absolute Gasteiger partial charge is 0.382 e. The van der Waals surface area contributed by atoms with E-state index >= 15 is 0 Å². The topological polar surface area (TPSA) is 88.8 Å². The Kier molecular flexibility index (Phi) is 5.09. The maximum absolute atomic E-state index is 5.88. The molecule has 0 spiro atoms. The number of pyridine rings is 1. The van der Waals surface area contributed by atoms with E-state index in [-0.39, 0.29) is 5.95 Å². The summed E-state index contributed by atoms with van der Waals surface area (Å²) < 4.78 is 0. The standard InChI is InChI=1S/C19H22N6/c1-13-8-14(2)10-15(9-13)17-11-18(25-19(20)24-17)23-7-6-22-16-4-3-5-21-12-16/h3-5,8-12,22H,6-7H2,1-2H3,(H3,20,23,24,25). The number of nitrogen functional groups attached to an aromatic ring is 1. The van der Waals surface area contributed by atoms with Gasteiger partial charge in [-0.25, -0.2) is 4.98 Å². The van der Waals surface area contributed by atoms with E-state index in [1.165, 1.54) is 11.1 Å².